The molecule has 0 fully saturated rings. The van der Waals surface area contributed by atoms with Gasteiger partial charge in [-0.15, -0.1) is 0 Å². The van der Waals surface area contributed by atoms with Crippen molar-refractivity contribution in [3.05, 3.63) is 48.0 Å². The summed E-state index contributed by atoms with van der Waals surface area (Å²) in [4.78, 5) is 22.5. The number of carbonyl (C=O) groups is 2. The smallest absolute Gasteiger partial charge is 0.302 e. The first-order valence-electron chi connectivity index (χ1n) is 6.53. The Morgan fingerprint density at radius 2 is 2.05 bits per heavy atom. The number of benzene rings is 1. The van der Waals surface area contributed by atoms with Crippen molar-refractivity contribution in [3.8, 4) is 0 Å². The van der Waals surface area contributed by atoms with Gasteiger partial charge in [-0.05, 0) is 24.0 Å². The van der Waals surface area contributed by atoms with Gasteiger partial charge < -0.3 is 4.74 Å². The van der Waals surface area contributed by atoms with Gasteiger partial charge in [-0.1, -0.05) is 36.4 Å². The van der Waals surface area contributed by atoms with Crippen LogP contribution in [0.4, 0.5) is 0 Å². The van der Waals surface area contributed by atoms with Gasteiger partial charge in [0.05, 0.1) is 6.61 Å². The van der Waals surface area contributed by atoms with Gasteiger partial charge in [-0.25, -0.2) is 0 Å². The minimum Gasteiger partial charge on any atom is -0.465 e. The fourth-order valence-electron chi connectivity index (χ4n) is 2.41. The van der Waals surface area contributed by atoms with E-state index in [1.165, 1.54) is 12.5 Å². The van der Waals surface area contributed by atoms with E-state index >= 15 is 0 Å². The third-order valence-electron chi connectivity index (χ3n) is 3.42. The van der Waals surface area contributed by atoms with E-state index in [4.69, 9.17) is 4.74 Å². The van der Waals surface area contributed by atoms with Gasteiger partial charge in [0.1, 0.15) is 0 Å². The molecule has 0 aliphatic heterocycles. The van der Waals surface area contributed by atoms with Crippen LogP contribution in [0.2, 0.25) is 0 Å². The molecule has 0 saturated carbocycles. The lowest BCUT2D eigenvalue weighted by atomic mass is 9.80. The Morgan fingerprint density at radius 3 is 2.74 bits per heavy atom. The zero-order valence-electron chi connectivity index (χ0n) is 11.0. The Bertz CT molecular complexity index is 476. The molecule has 1 aromatic carbocycles. The molecule has 0 aromatic heterocycles. The van der Waals surface area contributed by atoms with Crippen LogP contribution in [-0.4, -0.2) is 18.4 Å². The Labute approximate surface area is 113 Å². The Balaban J connectivity index is 2.04. The number of ketones is 1. The van der Waals surface area contributed by atoms with Gasteiger partial charge in [-0.3, -0.25) is 9.59 Å². The lowest BCUT2D eigenvalue weighted by Gasteiger charge is -2.26. The molecule has 100 valence electrons. The van der Waals surface area contributed by atoms with Crippen LogP contribution in [0.5, 0.6) is 0 Å². The van der Waals surface area contributed by atoms with Crippen molar-refractivity contribution in [1.29, 1.82) is 0 Å². The van der Waals surface area contributed by atoms with E-state index in [2.05, 4.69) is 12.1 Å². The monoisotopic (exact) mass is 258 g/mol. The Morgan fingerprint density at radius 1 is 1.32 bits per heavy atom. The van der Waals surface area contributed by atoms with Crippen molar-refractivity contribution in [2.75, 3.05) is 6.61 Å². The number of hydrogen-bond donors (Lipinski definition) is 0. The highest BCUT2D eigenvalue weighted by molar-refractivity contribution is 5.90. The van der Waals surface area contributed by atoms with E-state index in [1.54, 1.807) is 6.08 Å². The van der Waals surface area contributed by atoms with Crippen molar-refractivity contribution < 1.29 is 14.3 Å². The van der Waals surface area contributed by atoms with Crippen LogP contribution in [0.15, 0.2) is 42.5 Å². The minimum atomic E-state index is -0.274. The molecule has 1 aliphatic rings. The molecule has 0 saturated heterocycles. The van der Waals surface area contributed by atoms with Gasteiger partial charge in [0, 0.05) is 19.3 Å². The molecule has 3 nitrogen and oxygen atoms in total. The second kappa shape index (κ2) is 6.32. The van der Waals surface area contributed by atoms with Crippen molar-refractivity contribution in [1.82, 2.24) is 0 Å². The van der Waals surface area contributed by atoms with Crippen molar-refractivity contribution in [3.63, 3.8) is 0 Å². The SMILES string of the molecule is CC(=O)OC[C@H]1C=CC(=O)C[C@@H]1Cc1ccccc1. The summed E-state index contributed by atoms with van der Waals surface area (Å²) >= 11 is 0. The normalized spacial score (nSPS) is 22.3. The fraction of sp³-hybridized carbons (Fsp3) is 0.375. The Hall–Kier alpha value is -1.90. The maximum Gasteiger partial charge on any atom is 0.302 e. The topological polar surface area (TPSA) is 43.4 Å². The molecule has 0 amide bonds. The first kappa shape index (κ1) is 13.5. The van der Waals surface area contributed by atoms with Crippen LogP contribution in [0.25, 0.3) is 0 Å². The molecule has 2 rings (SSSR count). The average Bonchev–Trinajstić information content (AvgIpc) is 2.39. The summed E-state index contributed by atoms with van der Waals surface area (Å²) in [6, 6.07) is 10.1. The summed E-state index contributed by atoms with van der Waals surface area (Å²) < 4.78 is 5.08. The van der Waals surface area contributed by atoms with Gasteiger partial charge >= 0.3 is 5.97 Å². The molecule has 0 N–H and O–H groups in total. The Kier molecular flexibility index (Phi) is 4.50. The molecule has 0 bridgehead atoms. The predicted octanol–water partition coefficient (Wildman–Crippen LogP) is 2.55. The van der Waals surface area contributed by atoms with Gasteiger partial charge in [0.15, 0.2) is 5.78 Å². The standard InChI is InChI=1S/C16H18O3/c1-12(17)19-11-14-7-8-16(18)10-15(14)9-13-5-3-2-4-6-13/h2-8,14-15H,9-11H2,1H3/t14-,15+/m1/s1. The molecule has 0 spiro atoms. The zero-order valence-corrected chi connectivity index (χ0v) is 11.0. The lowest BCUT2D eigenvalue weighted by Crippen LogP contribution is -2.27. The average molecular weight is 258 g/mol. The van der Waals surface area contributed by atoms with Crippen LogP contribution in [0.1, 0.15) is 18.9 Å². The molecule has 0 unspecified atom stereocenters. The van der Waals surface area contributed by atoms with Crippen LogP contribution >= 0.6 is 0 Å². The van der Waals surface area contributed by atoms with Crippen molar-refractivity contribution in [2.24, 2.45) is 11.8 Å². The number of allylic oxidation sites excluding steroid dienone is 1. The second-order valence-corrected chi connectivity index (χ2v) is 4.95. The molecule has 1 aliphatic carbocycles. The highest BCUT2D eigenvalue weighted by Gasteiger charge is 2.26. The van der Waals surface area contributed by atoms with E-state index in [0.29, 0.717) is 13.0 Å². The number of rotatable bonds is 4. The molecule has 0 heterocycles. The number of ether oxygens (including phenoxy) is 1. The molecular formula is C16H18O3. The molecule has 19 heavy (non-hydrogen) atoms. The number of hydrogen-bond acceptors (Lipinski definition) is 3. The molecular weight excluding hydrogens is 240 g/mol. The summed E-state index contributed by atoms with van der Waals surface area (Å²) in [5, 5.41) is 0. The van der Waals surface area contributed by atoms with E-state index in [0.717, 1.165) is 6.42 Å². The lowest BCUT2D eigenvalue weighted by molar-refractivity contribution is -0.142. The highest BCUT2D eigenvalue weighted by Crippen LogP contribution is 2.27. The van der Waals surface area contributed by atoms with Crippen LogP contribution in [0.3, 0.4) is 0 Å². The van der Waals surface area contributed by atoms with Crippen molar-refractivity contribution >= 4 is 11.8 Å². The predicted molar refractivity (Wildman–Crippen MR) is 72.5 cm³/mol. The molecule has 3 heteroatoms. The summed E-state index contributed by atoms with van der Waals surface area (Å²) in [5.41, 5.74) is 1.21. The van der Waals surface area contributed by atoms with Crippen LogP contribution < -0.4 is 0 Å². The summed E-state index contributed by atoms with van der Waals surface area (Å²) in [6.45, 7) is 1.76. The molecule has 1 aromatic rings. The van der Waals surface area contributed by atoms with Gasteiger partial charge in [0.25, 0.3) is 0 Å². The summed E-state index contributed by atoms with van der Waals surface area (Å²) in [7, 11) is 0. The van der Waals surface area contributed by atoms with E-state index in [9.17, 15) is 9.59 Å². The number of carbonyl (C=O) groups excluding carboxylic acids is 2. The van der Waals surface area contributed by atoms with E-state index in [1.807, 2.05) is 24.3 Å². The first-order chi connectivity index (χ1) is 9.15. The number of esters is 1. The highest BCUT2D eigenvalue weighted by atomic mass is 16.5. The largest absolute Gasteiger partial charge is 0.465 e. The van der Waals surface area contributed by atoms with Gasteiger partial charge in [-0.2, -0.15) is 0 Å². The third-order valence-corrected chi connectivity index (χ3v) is 3.42. The van der Waals surface area contributed by atoms with Crippen LogP contribution in [0, 0.1) is 11.8 Å². The van der Waals surface area contributed by atoms with Gasteiger partial charge in [0.2, 0.25) is 0 Å². The molecule has 2 atom stereocenters. The van der Waals surface area contributed by atoms with E-state index in [-0.39, 0.29) is 23.6 Å². The van der Waals surface area contributed by atoms with Crippen molar-refractivity contribution in [2.45, 2.75) is 19.8 Å². The first-order valence-corrected chi connectivity index (χ1v) is 6.53. The summed E-state index contributed by atoms with van der Waals surface area (Å²) in [6.07, 6.45) is 4.85. The zero-order chi connectivity index (χ0) is 13.7. The quantitative estimate of drug-likeness (QED) is 0.779. The minimum absolute atomic E-state index is 0.127. The maximum absolute atomic E-state index is 11.6. The van der Waals surface area contributed by atoms with E-state index < -0.39 is 0 Å². The fourth-order valence-corrected chi connectivity index (χ4v) is 2.41. The second-order valence-electron chi connectivity index (χ2n) is 4.95. The van der Waals surface area contributed by atoms with Crippen LogP contribution in [-0.2, 0) is 20.7 Å². The maximum atomic E-state index is 11.6. The third kappa shape index (κ3) is 4.05. The summed E-state index contributed by atoms with van der Waals surface area (Å²) in [5.74, 6) is 0.213. The molecule has 0 radical (unpaired) electrons.